The van der Waals surface area contributed by atoms with Crippen LogP contribution < -0.4 is 11.1 Å². The van der Waals surface area contributed by atoms with Gasteiger partial charge in [0.25, 0.3) is 0 Å². The normalized spacial score (nSPS) is 10.7. The second-order valence-corrected chi connectivity index (χ2v) is 4.88. The molecule has 0 aliphatic heterocycles. The number of rotatable bonds is 8. The van der Waals surface area contributed by atoms with Gasteiger partial charge in [-0.3, -0.25) is 0 Å². The summed E-state index contributed by atoms with van der Waals surface area (Å²) in [6.45, 7) is 2.68. The molecule has 0 aliphatic carbocycles. The van der Waals surface area contributed by atoms with Crippen molar-refractivity contribution in [1.29, 1.82) is 0 Å². The summed E-state index contributed by atoms with van der Waals surface area (Å²) in [6.07, 6.45) is 0. The molecule has 0 amide bonds. The highest BCUT2D eigenvalue weighted by Crippen LogP contribution is 2.26. The second kappa shape index (κ2) is 7.93. The van der Waals surface area contributed by atoms with Crippen molar-refractivity contribution in [2.45, 2.75) is 0 Å². The number of carbonyl (C=O) groups is 1. The topological polar surface area (TPSA) is 89.7 Å². The Morgan fingerprint density at radius 2 is 2.21 bits per heavy atom. The van der Waals surface area contributed by atoms with Gasteiger partial charge in [-0.05, 0) is 25.6 Å². The number of nitrogens with zero attached hydrogens (tertiary/aromatic N) is 2. The lowest BCUT2D eigenvalue weighted by Crippen LogP contribution is -2.20. The predicted octanol–water partition coefficient (Wildman–Crippen LogP) is 0.502. The smallest absolute Gasteiger partial charge is 0.344 e. The molecule has 0 fully saturated rings. The fraction of sp³-hybridized carbons (Fsp3) is 0.636. The molecule has 8 heteroatoms. The molecule has 1 heterocycles. The van der Waals surface area contributed by atoms with Gasteiger partial charge in [-0.2, -0.15) is 4.37 Å². The van der Waals surface area contributed by atoms with E-state index in [-0.39, 0.29) is 5.82 Å². The molecular formula is C11H20N4O3S. The Bertz CT molecular complexity index is 409. The number of anilines is 2. The number of hydrogen-bond acceptors (Lipinski definition) is 8. The Labute approximate surface area is 116 Å². The quantitative estimate of drug-likeness (QED) is 0.532. The van der Waals surface area contributed by atoms with Crippen molar-refractivity contribution in [3.8, 4) is 0 Å². The van der Waals surface area contributed by atoms with E-state index in [9.17, 15) is 4.79 Å². The third kappa shape index (κ3) is 5.01. The highest BCUT2D eigenvalue weighted by Gasteiger charge is 2.19. The van der Waals surface area contributed by atoms with E-state index < -0.39 is 5.97 Å². The standard InChI is InChI=1S/C11H20N4O3S/c1-15(2)5-7-18-6-4-13-10-8(11(16)17-3)9(12)14-19-10/h13H,4-7H2,1-3H3,(H2,12,14). The Balaban J connectivity index is 2.35. The van der Waals surface area contributed by atoms with Gasteiger partial charge in [-0.25, -0.2) is 4.79 Å². The number of nitrogen functional groups attached to an aromatic ring is 1. The van der Waals surface area contributed by atoms with Crippen LogP contribution in [0.4, 0.5) is 10.8 Å². The number of methoxy groups -OCH3 is 1. The Hall–Kier alpha value is -1.38. The first-order valence-electron chi connectivity index (χ1n) is 5.86. The van der Waals surface area contributed by atoms with Crippen molar-refractivity contribution in [2.75, 3.05) is 58.6 Å². The molecule has 7 nitrogen and oxygen atoms in total. The molecule has 0 unspecified atom stereocenters. The summed E-state index contributed by atoms with van der Waals surface area (Å²) >= 11 is 1.14. The van der Waals surface area contributed by atoms with Gasteiger partial charge in [0.15, 0.2) is 5.82 Å². The van der Waals surface area contributed by atoms with Gasteiger partial charge in [0, 0.05) is 13.1 Å². The van der Waals surface area contributed by atoms with Crippen LogP contribution in [0, 0.1) is 0 Å². The fourth-order valence-corrected chi connectivity index (χ4v) is 2.04. The lowest BCUT2D eigenvalue weighted by molar-refractivity contribution is 0.0603. The number of ether oxygens (including phenoxy) is 2. The van der Waals surface area contributed by atoms with Crippen LogP contribution in [0.1, 0.15) is 10.4 Å². The van der Waals surface area contributed by atoms with Gasteiger partial charge in [0.1, 0.15) is 10.6 Å². The molecule has 3 N–H and O–H groups in total. The van der Waals surface area contributed by atoms with E-state index >= 15 is 0 Å². The Morgan fingerprint density at radius 3 is 2.84 bits per heavy atom. The molecule has 19 heavy (non-hydrogen) atoms. The van der Waals surface area contributed by atoms with Gasteiger partial charge in [0.05, 0.1) is 20.3 Å². The summed E-state index contributed by atoms with van der Waals surface area (Å²) in [7, 11) is 5.29. The van der Waals surface area contributed by atoms with Crippen molar-refractivity contribution in [3.63, 3.8) is 0 Å². The van der Waals surface area contributed by atoms with Crippen molar-refractivity contribution >= 4 is 28.3 Å². The van der Waals surface area contributed by atoms with Gasteiger partial charge in [0.2, 0.25) is 0 Å². The van der Waals surface area contributed by atoms with Gasteiger partial charge in [-0.15, -0.1) is 0 Å². The molecule has 0 aliphatic rings. The van der Waals surface area contributed by atoms with E-state index in [2.05, 4.69) is 14.4 Å². The van der Waals surface area contributed by atoms with Crippen LogP contribution in [0.25, 0.3) is 0 Å². The summed E-state index contributed by atoms with van der Waals surface area (Å²) in [5.74, 6) is -0.296. The average molecular weight is 288 g/mol. The summed E-state index contributed by atoms with van der Waals surface area (Å²) in [6, 6.07) is 0. The van der Waals surface area contributed by atoms with Gasteiger partial charge < -0.3 is 25.4 Å². The third-order valence-electron chi connectivity index (χ3n) is 2.32. The number of aromatic nitrogens is 1. The van der Waals surface area contributed by atoms with Crippen LogP contribution in [-0.4, -0.2) is 62.8 Å². The van der Waals surface area contributed by atoms with Crippen LogP contribution >= 0.6 is 11.5 Å². The monoisotopic (exact) mass is 288 g/mol. The number of carbonyl (C=O) groups excluding carboxylic acids is 1. The summed E-state index contributed by atoms with van der Waals surface area (Å²) in [5.41, 5.74) is 5.92. The Kier molecular flexibility index (Phi) is 6.54. The van der Waals surface area contributed by atoms with E-state index in [1.807, 2.05) is 19.0 Å². The maximum Gasteiger partial charge on any atom is 0.344 e. The third-order valence-corrected chi connectivity index (χ3v) is 3.14. The molecule has 1 aromatic heterocycles. The molecule has 0 atom stereocenters. The minimum absolute atomic E-state index is 0.188. The summed E-state index contributed by atoms with van der Waals surface area (Å²) in [5, 5.41) is 3.69. The molecule has 0 bridgehead atoms. The predicted molar refractivity (Wildman–Crippen MR) is 75.7 cm³/mol. The number of nitrogens with one attached hydrogen (secondary N) is 1. The van der Waals surface area contributed by atoms with E-state index in [1.165, 1.54) is 7.11 Å². The largest absolute Gasteiger partial charge is 0.465 e. The summed E-state index contributed by atoms with van der Waals surface area (Å²) in [4.78, 5) is 13.6. The minimum Gasteiger partial charge on any atom is -0.465 e. The molecule has 0 spiro atoms. The zero-order valence-electron chi connectivity index (χ0n) is 11.4. The maximum absolute atomic E-state index is 11.5. The van der Waals surface area contributed by atoms with Crippen LogP contribution in [-0.2, 0) is 9.47 Å². The van der Waals surface area contributed by atoms with Crippen LogP contribution in [0.3, 0.4) is 0 Å². The molecule has 0 aromatic carbocycles. The van der Waals surface area contributed by atoms with Crippen LogP contribution in [0.5, 0.6) is 0 Å². The number of nitrogens with two attached hydrogens (primary N) is 1. The van der Waals surface area contributed by atoms with Crippen molar-refractivity contribution in [1.82, 2.24) is 9.27 Å². The first kappa shape index (κ1) is 15.7. The van der Waals surface area contributed by atoms with E-state index in [0.717, 1.165) is 18.1 Å². The molecule has 1 aromatic rings. The zero-order chi connectivity index (χ0) is 14.3. The molecule has 0 radical (unpaired) electrons. The van der Waals surface area contributed by atoms with Gasteiger partial charge in [-0.1, -0.05) is 0 Å². The van der Waals surface area contributed by atoms with E-state index in [4.69, 9.17) is 10.5 Å². The highest BCUT2D eigenvalue weighted by atomic mass is 32.1. The van der Waals surface area contributed by atoms with E-state index in [1.54, 1.807) is 0 Å². The second-order valence-electron chi connectivity index (χ2n) is 4.11. The van der Waals surface area contributed by atoms with Crippen molar-refractivity contribution in [3.05, 3.63) is 5.56 Å². The highest BCUT2D eigenvalue weighted by molar-refractivity contribution is 7.11. The first-order chi connectivity index (χ1) is 9.06. The van der Waals surface area contributed by atoms with Crippen LogP contribution in [0.2, 0.25) is 0 Å². The fourth-order valence-electron chi connectivity index (χ4n) is 1.31. The summed E-state index contributed by atoms with van der Waals surface area (Å²) < 4.78 is 14.0. The number of likely N-dealkylation sites (N-methyl/N-ethyl adjacent to an activating group) is 1. The molecule has 0 saturated heterocycles. The first-order valence-corrected chi connectivity index (χ1v) is 6.63. The average Bonchev–Trinajstić information content (AvgIpc) is 2.73. The Morgan fingerprint density at radius 1 is 1.47 bits per heavy atom. The van der Waals surface area contributed by atoms with Gasteiger partial charge >= 0.3 is 5.97 Å². The lowest BCUT2D eigenvalue weighted by atomic mass is 10.3. The minimum atomic E-state index is -0.484. The van der Waals surface area contributed by atoms with E-state index in [0.29, 0.717) is 30.3 Å². The number of esters is 1. The zero-order valence-corrected chi connectivity index (χ0v) is 12.2. The van der Waals surface area contributed by atoms with Crippen molar-refractivity contribution < 1.29 is 14.3 Å². The SMILES string of the molecule is COC(=O)c1c(N)nsc1NCCOCCN(C)C. The lowest BCUT2D eigenvalue weighted by Gasteiger charge is -2.10. The number of hydrogen-bond donors (Lipinski definition) is 2. The molecule has 108 valence electrons. The van der Waals surface area contributed by atoms with Crippen LogP contribution in [0.15, 0.2) is 0 Å². The molecule has 1 rings (SSSR count). The molecular weight excluding hydrogens is 268 g/mol. The maximum atomic E-state index is 11.5. The molecule has 0 saturated carbocycles. The van der Waals surface area contributed by atoms with Crippen molar-refractivity contribution in [2.24, 2.45) is 0 Å².